The van der Waals surface area contributed by atoms with Crippen molar-refractivity contribution in [3.05, 3.63) is 29.6 Å². The summed E-state index contributed by atoms with van der Waals surface area (Å²) in [5.74, 6) is -0.416. The maximum atomic E-state index is 13.6. The Labute approximate surface area is 129 Å². The molecule has 0 saturated carbocycles. The Balaban J connectivity index is 1.87. The summed E-state index contributed by atoms with van der Waals surface area (Å²) in [5.41, 5.74) is 5.85. The van der Waals surface area contributed by atoms with Gasteiger partial charge in [-0.25, -0.2) is 4.39 Å². The van der Waals surface area contributed by atoms with E-state index in [-0.39, 0.29) is 35.8 Å². The zero-order valence-electron chi connectivity index (χ0n) is 12.7. The van der Waals surface area contributed by atoms with E-state index < -0.39 is 5.82 Å². The minimum atomic E-state index is -0.579. The maximum absolute atomic E-state index is 13.6. The number of ether oxygens (including phenoxy) is 1. The molecule has 1 heterocycles. The van der Waals surface area contributed by atoms with E-state index in [4.69, 9.17) is 10.5 Å². The van der Waals surface area contributed by atoms with Crippen molar-refractivity contribution < 1.29 is 18.7 Å². The summed E-state index contributed by atoms with van der Waals surface area (Å²) in [7, 11) is 1.36. The summed E-state index contributed by atoms with van der Waals surface area (Å²) in [4.78, 5) is 25.8. The summed E-state index contributed by atoms with van der Waals surface area (Å²) < 4.78 is 18.4. The zero-order valence-corrected chi connectivity index (χ0v) is 12.7. The van der Waals surface area contributed by atoms with E-state index >= 15 is 0 Å². The second kappa shape index (κ2) is 7.35. The predicted molar refractivity (Wildman–Crippen MR) is 80.3 cm³/mol. The van der Waals surface area contributed by atoms with Crippen LogP contribution in [0.5, 0.6) is 5.75 Å². The summed E-state index contributed by atoms with van der Waals surface area (Å²) in [5, 5.41) is 0. The lowest BCUT2D eigenvalue weighted by Crippen LogP contribution is -2.30. The first-order valence-corrected chi connectivity index (χ1v) is 7.39. The number of nitrogens with two attached hydrogens (primary N) is 1. The van der Waals surface area contributed by atoms with Gasteiger partial charge in [0.15, 0.2) is 17.3 Å². The molecular formula is C16H21FN2O3. The van der Waals surface area contributed by atoms with Crippen LogP contribution in [0.3, 0.4) is 0 Å². The average molecular weight is 308 g/mol. The molecule has 1 aromatic carbocycles. The molecule has 120 valence electrons. The van der Waals surface area contributed by atoms with Crippen LogP contribution in [0.2, 0.25) is 0 Å². The van der Waals surface area contributed by atoms with Gasteiger partial charge in [0.05, 0.1) is 7.11 Å². The van der Waals surface area contributed by atoms with Crippen LogP contribution in [0.4, 0.5) is 4.39 Å². The molecule has 0 bridgehead atoms. The van der Waals surface area contributed by atoms with Gasteiger partial charge < -0.3 is 15.4 Å². The molecule has 2 rings (SSSR count). The highest BCUT2D eigenvalue weighted by Crippen LogP contribution is 2.20. The highest BCUT2D eigenvalue weighted by atomic mass is 19.1. The van der Waals surface area contributed by atoms with Crippen LogP contribution < -0.4 is 10.5 Å². The van der Waals surface area contributed by atoms with E-state index in [1.807, 2.05) is 0 Å². The second-order valence-corrected chi connectivity index (χ2v) is 5.50. The Kier molecular flexibility index (Phi) is 5.49. The molecule has 1 atom stereocenters. The molecular weight excluding hydrogens is 287 g/mol. The summed E-state index contributed by atoms with van der Waals surface area (Å²) in [6.45, 7) is 1.95. The normalized spacial score (nSPS) is 17.6. The molecule has 2 N–H and O–H groups in total. The lowest BCUT2D eigenvalue weighted by molar-refractivity contribution is -0.130. The van der Waals surface area contributed by atoms with E-state index in [9.17, 15) is 14.0 Å². The fourth-order valence-corrected chi connectivity index (χ4v) is 2.61. The fourth-order valence-electron chi connectivity index (χ4n) is 2.61. The molecule has 22 heavy (non-hydrogen) atoms. The zero-order chi connectivity index (χ0) is 16.1. The Hall–Kier alpha value is -1.95. The fraction of sp³-hybridized carbons (Fsp3) is 0.500. The van der Waals surface area contributed by atoms with Gasteiger partial charge in [0.1, 0.15) is 0 Å². The number of carbonyl (C=O) groups is 2. The Morgan fingerprint density at radius 1 is 1.41 bits per heavy atom. The van der Waals surface area contributed by atoms with Crippen LogP contribution in [0, 0.1) is 11.7 Å². The second-order valence-electron chi connectivity index (χ2n) is 5.50. The van der Waals surface area contributed by atoms with Crippen molar-refractivity contribution in [2.45, 2.75) is 19.3 Å². The number of ketones is 1. The number of methoxy groups -OCH3 is 1. The van der Waals surface area contributed by atoms with Gasteiger partial charge in [0.2, 0.25) is 5.91 Å². The van der Waals surface area contributed by atoms with Gasteiger partial charge in [-0.2, -0.15) is 0 Å². The Morgan fingerprint density at radius 3 is 2.77 bits per heavy atom. The molecule has 1 aliphatic rings. The molecule has 0 aromatic heterocycles. The van der Waals surface area contributed by atoms with E-state index in [1.54, 1.807) is 4.90 Å². The molecule has 1 aliphatic heterocycles. The molecule has 0 aliphatic carbocycles. The summed E-state index contributed by atoms with van der Waals surface area (Å²) in [6, 6.07) is 4.07. The topological polar surface area (TPSA) is 72.6 Å². The van der Waals surface area contributed by atoms with Crippen molar-refractivity contribution in [2.24, 2.45) is 11.7 Å². The van der Waals surface area contributed by atoms with Crippen molar-refractivity contribution in [2.75, 3.05) is 26.7 Å². The number of hydrogen-bond acceptors (Lipinski definition) is 4. The smallest absolute Gasteiger partial charge is 0.223 e. The van der Waals surface area contributed by atoms with Gasteiger partial charge in [-0.15, -0.1) is 0 Å². The highest BCUT2D eigenvalue weighted by molar-refractivity contribution is 5.98. The first-order chi connectivity index (χ1) is 10.5. The number of nitrogens with zero attached hydrogens (tertiary/aromatic N) is 1. The molecule has 6 heteroatoms. The van der Waals surface area contributed by atoms with E-state index in [0.29, 0.717) is 25.6 Å². The number of rotatable bonds is 6. The lowest BCUT2D eigenvalue weighted by Gasteiger charge is -2.16. The Morgan fingerprint density at radius 2 is 2.18 bits per heavy atom. The summed E-state index contributed by atoms with van der Waals surface area (Å²) >= 11 is 0. The molecule has 1 saturated heterocycles. The van der Waals surface area contributed by atoms with Gasteiger partial charge in [0.25, 0.3) is 0 Å². The number of likely N-dealkylation sites (tertiary alicyclic amines) is 1. The first-order valence-electron chi connectivity index (χ1n) is 7.39. The monoisotopic (exact) mass is 308 g/mol. The maximum Gasteiger partial charge on any atom is 0.223 e. The minimum Gasteiger partial charge on any atom is -0.494 e. The molecule has 0 radical (unpaired) electrons. The number of amides is 1. The van der Waals surface area contributed by atoms with Crippen LogP contribution in [0.1, 0.15) is 29.6 Å². The highest BCUT2D eigenvalue weighted by Gasteiger charge is 2.25. The molecule has 1 fully saturated rings. The summed E-state index contributed by atoms with van der Waals surface area (Å²) in [6.07, 6.45) is 1.14. The number of benzene rings is 1. The van der Waals surface area contributed by atoms with Gasteiger partial charge in [-0.1, -0.05) is 0 Å². The largest absolute Gasteiger partial charge is 0.494 e. The molecule has 1 aromatic rings. The molecule has 1 amide bonds. The van der Waals surface area contributed by atoms with Gasteiger partial charge in [-0.05, 0) is 37.1 Å². The van der Waals surface area contributed by atoms with Crippen molar-refractivity contribution >= 4 is 11.7 Å². The van der Waals surface area contributed by atoms with E-state index in [0.717, 1.165) is 12.5 Å². The van der Waals surface area contributed by atoms with E-state index in [2.05, 4.69) is 0 Å². The average Bonchev–Trinajstić information content (AvgIpc) is 3.01. The SMILES string of the molecule is COc1ccc(C(=O)CCC(=O)N2CCC(CN)C2)cc1F. The van der Waals surface area contributed by atoms with E-state index in [1.165, 1.54) is 19.2 Å². The van der Waals surface area contributed by atoms with Crippen molar-refractivity contribution in [3.8, 4) is 5.75 Å². The van der Waals surface area contributed by atoms with Crippen molar-refractivity contribution in [3.63, 3.8) is 0 Å². The number of halogens is 1. The lowest BCUT2D eigenvalue weighted by atomic mass is 10.1. The van der Waals surface area contributed by atoms with Crippen LogP contribution in [0.15, 0.2) is 18.2 Å². The van der Waals surface area contributed by atoms with Crippen LogP contribution in [-0.4, -0.2) is 43.3 Å². The third-order valence-electron chi connectivity index (χ3n) is 4.01. The van der Waals surface area contributed by atoms with Crippen LogP contribution in [0.25, 0.3) is 0 Å². The van der Waals surface area contributed by atoms with Crippen LogP contribution in [-0.2, 0) is 4.79 Å². The quantitative estimate of drug-likeness (QED) is 0.810. The van der Waals surface area contributed by atoms with Crippen molar-refractivity contribution in [1.82, 2.24) is 4.90 Å². The third-order valence-corrected chi connectivity index (χ3v) is 4.01. The third kappa shape index (κ3) is 3.82. The van der Waals surface area contributed by atoms with Gasteiger partial charge in [-0.3, -0.25) is 9.59 Å². The molecule has 5 nitrogen and oxygen atoms in total. The minimum absolute atomic E-state index is 0.0433. The van der Waals surface area contributed by atoms with Crippen molar-refractivity contribution in [1.29, 1.82) is 0 Å². The van der Waals surface area contributed by atoms with Gasteiger partial charge >= 0.3 is 0 Å². The standard InChI is InChI=1S/C16H21FN2O3/c1-22-15-4-2-12(8-13(15)17)14(20)3-5-16(21)19-7-6-11(9-18)10-19/h2,4,8,11H,3,5-7,9-10,18H2,1H3. The van der Waals surface area contributed by atoms with Gasteiger partial charge in [0, 0.05) is 31.5 Å². The molecule has 0 spiro atoms. The van der Waals surface area contributed by atoms with Crippen LogP contribution >= 0.6 is 0 Å². The molecule has 1 unspecified atom stereocenters. The number of carbonyl (C=O) groups excluding carboxylic acids is 2. The number of Topliss-reactive ketones (excluding diaryl/α,β-unsaturated/α-hetero) is 1. The predicted octanol–water partition coefficient (Wildman–Crippen LogP) is 1.60. The number of hydrogen-bond donors (Lipinski definition) is 1. The Bertz CT molecular complexity index is 562. The first kappa shape index (κ1) is 16.4.